The molecule has 1 aliphatic heterocycles. The molecule has 26 heavy (non-hydrogen) atoms. The molecule has 0 radical (unpaired) electrons. The van der Waals surface area contributed by atoms with Crippen LogP contribution < -0.4 is 14.9 Å². The van der Waals surface area contributed by atoms with E-state index in [2.05, 4.69) is 29.9 Å². The summed E-state index contributed by atoms with van der Waals surface area (Å²) in [4.78, 5) is 14.8. The van der Waals surface area contributed by atoms with Crippen molar-refractivity contribution < 1.29 is 13.2 Å². The molecule has 0 unspecified atom stereocenters. The molecule has 2 aromatic heterocycles. The highest BCUT2D eigenvalue weighted by atomic mass is 32.2. The second-order valence-corrected chi connectivity index (χ2v) is 7.67. The predicted molar refractivity (Wildman–Crippen MR) is 96.7 cm³/mol. The normalized spacial score (nSPS) is 15.2. The molecule has 0 spiro atoms. The fourth-order valence-corrected chi connectivity index (χ4v) is 3.58. The van der Waals surface area contributed by atoms with E-state index < -0.39 is 10.0 Å². The van der Waals surface area contributed by atoms with Crippen LogP contribution in [0.3, 0.4) is 0 Å². The van der Waals surface area contributed by atoms with Crippen LogP contribution in [-0.2, 0) is 21.8 Å². The summed E-state index contributed by atoms with van der Waals surface area (Å²) in [6.45, 7) is 5.39. The van der Waals surface area contributed by atoms with E-state index in [4.69, 9.17) is 4.74 Å². The molecule has 0 aliphatic carbocycles. The van der Waals surface area contributed by atoms with Gasteiger partial charge in [-0.1, -0.05) is 0 Å². The number of rotatable bonds is 7. The number of sulfonamides is 1. The van der Waals surface area contributed by atoms with Gasteiger partial charge >= 0.3 is 0 Å². The van der Waals surface area contributed by atoms with Crippen LogP contribution in [0.15, 0.2) is 23.6 Å². The van der Waals surface area contributed by atoms with Crippen molar-refractivity contribution in [3.63, 3.8) is 0 Å². The largest absolute Gasteiger partial charge is 0.378 e. The topological polar surface area (TPSA) is 114 Å². The number of anilines is 2. The minimum Gasteiger partial charge on any atom is -0.378 e. The molecule has 0 atom stereocenters. The Hall–Kier alpha value is -2.24. The van der Waals surface area contributed by atoms with Gasteiger partial charge in [0.15, 0.2) is 5.03 Å². The second-order valence-electron chi connectivity index (χ2n) is 5.96. The summed E-state index contributed by atoms with van der Waals surface area (Å²) in [6.07, 6.45) is 2.90. The highest BCUT2D eigenvalue weighted by molar-refractivity contribution is 7.89. The van der Waals surface area contributed by atoms with Gasteiger partial charge in [0.1, 0.15) is 17.5 Å². The standard InChI is InChI=1S/C15H23N7O3S/c1-12-19-13(9-14(20-12)22-5-7-25-8-6-22)16-3-4-18-26(23,24)15-10-21(2)11-17-15/h9-11,18H,3-8H2,1-2H3,(H,16,19,20). The van der Waals surface area contributed by atoms with Gasteiger partial charge in [0.2, 0.25) is 0 Å². The van der Waals surface area contributed by atoms with Gasteiger partial charge < -0.3 is 19.5 Å². The van der Waals surface area contributed by atoms with Crippen LogP contribution in [0.4, 0.5) is 11.6 Å². The maximum absolute atomic E-state index is 12.1. The minimum atomic E-state index is -3.60. The molecule has 3 rings (SSSR count). The maximum Gasteiger partial charge on any atom is 0.259 e. The third kappa shape index (κ3) is 4.68. The molecule has 1 saturated heterocycles. The Morgan fingerprint density at radius 3 is 2.69 bits per heavy atom. The van der Waals surface area contributed by atoms with Crippen molar-refractivity contribution in [2.75, 3.05) is 49.6 Å². The molecule has 1 fully saturated rings. The summed E-state index contributed by atoms with van der Waals surface area (Å²) in [5, 5.41) is 3.14. The number of ether oxygens (including phenoxy) is 1. The van der Waals surface area contributed by atoms with Crippen molar-refractivity contribution in [1.82, 2.24) is 24.2 Å². The van der Waals surface area contributed by atoms with Gasteiger partial charge in [-0.3, -0.25) is 0 Å². The number of nitrogens with zero attached hydrogens (tertiary/aromatic N) is 5. The molecule has 10 nitrogen and oxygen atoms in total. The summed E-state index contributed by atoms with van der Waals surface area (Å²) >= 11 is 0. The number of aryl methyl sites for hydroxylation is 2. The molecular weight excluding hydrogens is 358 g/mol. The predicted octanol–water partition coefficient (Wildman–Crippen LogP) is -0.254. The number of hydrogen-bond donors (Lipinski definition) is 2. The van der Waals surface area contributed by atoms with E-state index in [-0.39, 0.29) is 11.6 Å². The SMILES string of the molecule is Cc1nc(NCCNS(=O)(=O)c2cn(C)cn2)cc(N2CCOCC2)n1. The zero-order valence-electron chi connectivity index (χ0n) is 14.8. The average molecular weight is 381 g/mol. The van der Waals surface area contributed by atoms with E-state index >= 15 is 0 Å². The third-order valence-corrected chi connectivity index (χ3v) is 5.18. The number of aromatic nitrogens is 4. The van der Waals surface area contributed by atoms with Gasteiger partial charge in [-0.05, 0) is 6.92 Å². The number of morpholine rings is 1. The Kier molecular flexibility index (Phi) is 5.69. The maximum atomic E-state index is 12.1. The lowest BCUT2D eigenvalue weighted by molar-refractivity contribution is 0.122. The van der Waals surface area contributed by atoms with E-state index in [0.717, 1.165) is 18.9 Å². The van der Waals surface area contributed by atoms with Crippen LogP contribution in [0.2, 0.25) is 0 Å². The first kappa shape index (κ1) is 18.5. The van der Waals surface area contributed by atoms with Crippen LogP contribution in [0.25, 0.3) is 0 Å². The molecule has 11 heteroatoms. The molecule has 0 amide bonds. The van der Waals surface area contributed by atoms with E-state index in [1.807, 2.05) is 13.0 Å². The molecule has 3 heterocycles. The smallest absolute Gasteiger partial charge is 0.259 e. The molecule has 142 valence electrons. The monoisotopic (exact) mass is 381 g/mol. The van der Waals surface area contributed by atoms with Gasteiger partial charge in [-0.15, -0.1) is 0 Å². The first-order chi connectivity index (χ1) is 12.4. The van der Waals surface area contributed by atoms with E-state index in [0.29, 0.717) is 31.4 Å². The van der Waals surface area contributed by atoms with Gasteiger partial charge in [0.25, 0.3) is 10.0 Å². The Morgan fingerprint density at radius 2 is 2.00 bits per heavy atom. The minimum absolute atomic E-state index is 0.00693. The van der Waals surface area contributed by atoms with Gasteiger partial charge in [0, 0.05) is 45.5 Å². The highest BCUT2D eigenvalue weighted by Gasteiger charge is 2.16. The Labute approximate surface area is 152 Å². The summed E-state index contributed by atoms with van der Waals surface area (Å²) in [6, 6.07) is 1.87. The van der Waals surface area contributed by atoms with Crippen LogP contribution in [0, 0.1) is 6.92 Å². The van der Waals surface area contributed by atoms with Crippen molar-refractivity contribution in [2.24, 2.45) is 7.05 Å². The Balaban J connectivity index is 1.55. The lowest BCUT2D eigenvalue weighted by atomic mass is 10.4. The van der Waals surface area contributed by atoms with Crippen LogP contribution in [-0.4, -0.2) is 67.3 Å². The average Bonchev–Trinajstić information content (AvgIpc) is 3.07. The van der Waals surface area contributed by atoms with Crippen molar-refractivity contribution in [2.45, 2.75) is 11.9 Å². The van der Waals surface area contributed by atoms with Crippen LogP contribution in [0.1, 0.15) is 5.82 Å². The number of nitrogens with one attached hydrogen (secondary N) is 2. The fourth-order valence-electron chi connectivity index (χ4n) is 2.57. The first-order valence-corrected chi connectivity index (χ1v) is 9.82. The summed E-state index contributed by atoms with van der Waals surface area (Å²) in [7, 11) is -1.88. The van der Waals surface area contributed by atoms with E-state index in [9.17, 15) is 8.42 Å². The lowest BCUT2D eigenvalue weighted by Gasteiger charge is -2.28. The van der Waals surface area contributed by atoms with Crippen molar-refractivity contribution in [3.8, 4) is 0 Å². The van der Waals surface area contributed by atoms with E-state index in [1.54, 1.807) is 11.6 Å². The van der Waals surface area contributed by atoms with E-state index in [1.165, 1.54) is 12.5 Å². The lowest BCUT2D eigenvalue weighted by Crippen LogP contribution is -2.37. The number of imidazole rings is 1. The Bertz CT molecular complexity index is 847. The number of hydrogen-bond acceptors (Lipinski definition) is 8. The van der Waals surface area contributed by atoms with Crippen molar-refractivity contribution >= 4 is 21.7 Å². The van der Waals surface area contributed by atoms with Crippen molar-refractivity contribution in [1.29, 1.82) is 0 Å². The van der Waals surface area contributed by atoms with Gasteiger partial charge in [0.05, 0.1) is 19.5 Å². The third-order valence-electron chi connectivity index (χ3n) is 3.84. The molecule has 2 aromatic rings. The quantitative estimate of drug-likeness (QED) is 0.631. The zero-order valence-corrected chi connectivity index (χ0v) is 15.7. The summed E-state index contributed by atoms with van der Waals surface area (Å²) in [5.74, 6) is 2.17. The Morgan fingerprint density at radius 1 is 1.23 bits per heavy atom. The van der Waals surface area contributed by atoms with Gasteiger partial charge in [-0.2, -0.15) is 0 Å². The first-order valence-electron chi connectivity index (χ1n) is 8.34. The molecule has 0 bridgehead atoms. The van der Waals surface area contributed by atoms with Crippen LogP contribution in [0.5, 0.6) is 0 Å². The fraction of sp³-hybridized carbons (Fsp3) is 0.533. The zero-order chi connectivity index (χ0) is 18.6. The molecule has 1 aliphatic rings. The summed E-state index contributed by atoms with van der Waals surface area (Å²) < 4.78 is 33.7. The molecule has 2 N–H and O–H groups in total. The molecule has 0 aromatic carbocycles. The highest BCUT2D eigenvalue weighted by Crippen LogP contribution is 2.17. The van der Waals surface area contributed by atoms with Gasteiger partial charge in [-0.25, -0.2) is 28.1 Å². The molecule has 0 saturated carbocycles. The molecular formula is C15H23N7O3S. The summed E-state index contributed by atoms with van der Waals surface area (Å²) in [5.41, 5.74) is 0. The van der Waals surface area contributed by atoms with Crippen molar-refractivity contribution in [3.05, 3.63) is 24.4 Å². The van der Waals surface area contributed by atoms with Crippen LogP contribution >= 0.6 is 0 Å². The second kappa shape index (κ2) is 7.98.